The van der Waals surface area contributed by atoms with Gasteiger partial charge in [-0.25, -0.2) is 0 Å². The minimum Gasteiger partial charge on any atom is -0.370 e. The molecule has 3 nitrogen and oxygen atoms in total. The SMILES string of the molecule is CC[C@@H](N)c1ccc(N2CCCC(C(F)(F)F)C2)cn1. The summed E-state index contributed by atoms with van der Waals surface area (Å²) < 4.78 is 38.4. The number of alkyl halides is 3. The van der Waals surface area contributed by atoms with Crippen molar-refractivity contribution in [2.24, 2.45) is 11.7 Å². The van der Waals surface area contributed by atoms with Crippen LogP contribution in [-0.4, -0.2) is 24.2 Å². The predicted molar refractivity (Wildman–Crippen MR) is 72.4 cm³/mol. The van der Waals surface area contributed by atoms with E-state index in [4.69, 9.17) is 5.73 Å². The van der Waals surface area contributed by atoms with Crippen LogP contribution in [0.2, 0.25) is 0 Å². The number of anilines is 1. The highest BCUT2D eigenvalue weighted by molar-refractivity contribution is 5.45. The summed E-state index contributed by atoms with van der Waals surface area (Å²) in [5.74, 6) is -1.24. The van der Waals surface area contributed by atoms with Gasteiger partial charge in [0, 0.05) is 19.1 Å². The Labute approximate surface area is 117 Å². The zero-order valence-corrected chi connectivity index (χ0v) is 11.5. The second-order valence-electron chi connectivity index (χ2n) is 5.28. The van der Waals surface area contributed by atoms with Crippen molar-refractivity contribution in [1.29, 1.82) is 0 Å². The summed E-state index contributed by atoms with van der Waals surface area (Å²) in [5.41, 5.74) is 7.40. The Bertz CT molecular complexity index is 430. The van der Waals surface area contributed by atoms with E-state index in [1.54, 1.807) is 17.2 Å². The highest BCUT2D eigenvalue weighted by atomic mass is 19.4. The minimum absolute atomic E-state index is 0.0182. The van der Waals surface area contributed by atoms with Gasteiger partial charge in [0.25, 0.3) is 0 Å². The van der Waals surface area contributed by atoms with Gasteiger partial charge in [-0.2, -0.15) is 13.2 Å². The summed E-state index contributed by atoms with van der Waals surface area (Å²) in [6.45, 7) is 2.64. The number of nitrogens with two attached hydrogens (primary N) is 1. The lowest BCUT2D eigenvalue weighted by Gasteiger charge is -2.35. The van der Waals surface area contributed by atoms with Gasteiger partial charge in [0.15, 0.2) is 0 Å². The van der Waals surface area contributed by atoms with E-state index in [0.717, 1.165) is 17.8 Å². The quantitative estimate of drug-likeness (QED) is 0.927. The second-order valence-corrected chi connectivity index (χ2v) is 5.28. The van der Waals surface area contributed by atoms with Crippen LogP contribution in [0.1, 0.15) is 37.9 Å². The van der Waals surface area contributed by atoms with Crippen LogP contribution in [-0.2, 0) is 0 Å². The minimum atomic E-state index is -4.11. The van der Waals surface area contributed by atoms with E-state index in [9.17, 15) is 13.2 Å². The average Bonchev–Trinajstić information content (AvgIpc) is 2.46. The fraction of sp³-hybridized carbons (Fsp3) is 0.643. The van der Waals surface area contributed by atoms with Gasteiger partial charge < -0.3 is 10.6 Å². The molecule has 20 heavy (non-hydrogen) atoms. The maximum atomic E-state index is 12.8. The van der Waals surface area contributed by atoms with Crippen LogP contribution in [0.5, 0.6) is 0 Å². The standard InChI is InChI=1S/C14H20F3N3/c1-2-12(18)13-6-5-11(8-19-13)20-7-3-4-10(9-20)14(15,16)17/h5-6,8,10,12H,2-4,7,9,18H2,1H3/t10?,12-/m1/s1. The topological polar surface area (TPSA) is 42.1 Å². The van der Waals surface area contributed by atoms with Crippen LogP contribution in [0.3, 0.4) is 0 Å². The van der Waals surface area contributed by atoms with E-state index >= 15 is 0 Å². The van der Waals surface area contributed by atoms with Crippen molar-refractivity contribution in [2.75, 3.05) is 18.0 Å². The van der Waals surface area contributed by atoms with Gasteiger partial charge in [-0.05, 0) is 31.4 Å². The number of nitrogens with zero attached hydrogens (tertiary/aromatic N) is 2. The molecule has 1 aromatic heterocycles. The monoisotopic (exact) mass is 287 g/mol. The molecule has 1 unspecified atom stereocenters. The molecule has 2 rings (SSSR count). The molecular formula is C14H20F3N3. The number of aromatic nitrogens is 1. The average molecular weight is 287 g/mol. The molecule has 1 saturated heterocycles. The highest BCUT2D eigenvalue weighted by Gasteiger charge is 2.41. The van der Waals surface area contributed by atoms with Gasteiger partial charge in [-0.1, -0.05) is 6.92 Å². The van der Waals surface area contributed by atoms with E-state index in [1.807, 2.05) is 13.0 Å². The van der Waals surface area contributed by atoms with Crippen molar-refractivity contribution < 1.29 is 13.2 Å². The molecule has 0 radical (unpaired) electrons. The molecule has 2 N–H and O–H groups in total. The summed E-state index contributed by atoms with van der Waals surface area (Å²) in [4.78, 5) is 6.02. The Morgan fingerprint density at radius 3 is 2.75 bits per heavy atom. The van der Waals surface area contributed by atoms with Crippen LogP contribution in [0.25, 0.3) is 0 Å². The van der Waals surface area contributed by atoms with Crippen LogP contribution >= 0.6 is 0 Å². The lowest BCUT2D eigenvalue weighted by Crippen LogP contribution is -2.41. The molecule has 0 bridgehead atoms. The van der Waals surface area contributed by atoms with Crippen LogP contribution in [0.15, 0.2) is 18.3 Å². The van der Waals surface area contributed by atoms with Crippen LogP contribution < -0.4 is 10.6 Å². The van der Waals surface area contributed by atoms with Gasteiger partial charge in [-0.3, -0.25) is 4.98 Å². The lowest BCUT2D eigenvalue weighted by molar-refractivity contribution is -0.175. The fourth-order valence-electron chi connectivity index (χ4n) is 2.49. The third-order valence-corrected chi connectivity index (χ3v) is 3.84. The predicted octanol–water partition coefficient (Wildman–Crippen LogP) is 3.27. The summed E-state index contributed by atoms with van der Waals surface area (Å²) in [6.07, 6.45) is -0.932. The Kier molecular flexibility index (Phi) is 4.52. The molecular weight excluding hydrogens is 267 g/mol. The van der Waals surface area contributed by atoms with E-state index in [2.05, 4.69) is 4.98 Å². The van der Waals surface area contributed by atoms with Crippen molar-refractivity contribution >= 4 is 5.69 Å². The van der Waals surface area contributed by atoms with Crippen molar-refractivity contribution in [1.82, 2.24) is 4.98 Å². The number of halogens is 3. The largest absolute Gasteiger partial charge is 0.393 e. The lowest BCUT2D eigenvalue weighted by atomic mass is 9.97. The van der Waals surface area contributed by atoms with Crippen molar-refractivity contribution in [2.45, 2.75) is 38.4 Å². The Balaban J connectivity index is 2.07. The Morgan fingerprint density at radius 2 is 2.20 bits per heavy atom. The second kappa shape index (κ2) is 5.99. The first-order valence-corrected chi connectivity index (χ1v) is 6.95. The maximum Gasteiger partial charge on any atom is 0.393 e. The Hall–Kier alpha value is -1.30. The highest BCUT2D eigenvalue weighted by Crippen LogP contribution is 2.34. The van der Waals surface area contributed by atoms with E-state index in [-0.39, 0.29) is 19.0 Å². The molecule has 1 aliphatic rings. The summed E-state index contributed by atoms with van der Waals surface area (Å²) in [6, 6.07) is 3.51. The normalized spacial score (nSPS) is 21.9. The first-order valence-electron chi connectivity index (χ1n) is 6.95. The van der Waals surface area contributed by atoms with E-state index < -0.39 is 12.1 Å². The van der Waals surface area contributed by atoms with Crippen LogP contribution in [0, 0.1) is 5.92 Å². The molecule has 0 saturated carbocycles. The third kappa shape index (κ3) is 3.42. The molecule has 0 amide bonds. The molecule has 2 heterocycles. The molecule has 2 atom stereocenters. The zero-order chi connectivity index (χ0) is 14.8. The third-order valence-electron chi connectivity index (χ3n) is 3.84. The summed E-state index contributed by atoms with van der Waals surface area (Å²) in [5, 5.41) is 0. The van der Waals surface area contributed by atoms with Crippen molar-refractivity contribution in [3.63, 3.8) is 0 Å². The van der Waals surface area contributed by atoms with Gasteiger partial charge in [0.2, 0.25) is 0 Å². The summed E-state index contributed by atoms with van der Waals surface area (Å²) >= 11 is 0. The first-order chi connectivity index (χ1) is 9.41. The van der Waals surface area contributed by atoms with Crippen molar-refractivity contribution in [3.8, 4) is 0 Å². The molecule has 0 aromatic carbocycles. The van der Waals surface area contributed by atoms with Gasteiger partial charge >= 0.3 is 6.18 Å². The molecule has 1 aromatic rings. The van der Waals surface area contributed by atoms with Crippen molar-refractivity contribution in [3.05, 3.63) is 24.0 Å². The number of pyridine rings is 1. The van der Waals surface area contributed by atoms with E-state index in [1.165, 1.54) is 0 Å². The smallest absolute Gasteiger partial charge is 0.370 e. The van der Waals surface area contributed by atoms with Gasteiger partial charge in [-0.15, -0.1) is 0 Å². The maximum absolute atomic E-state index is 12.8. The number of hydrogen-bond donors (Lipinski definition) is 1. The molecule has 6 heteroatoms. The molecule has 0 spiro atoms. The number of piperidine rings is 1. The Morgan fingerprint density at radius 1 is 1.45 bits per heavy atom. The molecule has 0 aliphatic carbocycles. The van der Waals surface area contributed by atoms with E-state index in [0.29, 0.717) is 13.0 Å². The zero-order valence-electron chi connectivity index (χ0n) is 11.5. The van der Waals surface area contributed by atoms with Gasteiger partial charge in [0.1, 0.15) is 0 Å². The van der Waals surface area contributed by atoms with Gasteiger partial charge in [0.05, 0.1) is 23.5 Å². The fourth-order valence-corrected chi connectivity index (χ4v) is 2.49. The number of hydrogen-bond acceptors (Lipinski definition) is 3. The molecule has 112 valence electrons. The summed E-state index contributed by atoms with van der Waals surface area (Å²) in [7, 11) is 0. The molecule has 1 aliphatic heterocycles. The number of rotatable bonds is 3. The first kappa shape index (κ1) is 15.1. The van der Waals surface area contributed by atoms with Crippen LogP contribution in [0.4, 0.5) is 18.9 Å². The molecule has 1 fully saturated rings.